The number of hydrogen-bond donors (Lipinski definition) is 2. The molecule has 0 saturated carbocycles. The van der Waals surface area contributed by atoms with Gasteiger partial charge in [-0.05, 0) is 37.3 Å². The van der Waals surface area contributed by atoms with Gasteiger partial charge in [-0.25, -0.2) is 0 Å². The van der Waals surface area contributed by atoms with Crippen LogP contribution < -0.4 is 10.6 Å². The zero-order valence-electron chi connectivity index (χ0n) is 16.0. The van der Waals surface area contributed by atoms with Crippen LogP contribution in [-0.4, -0.2) is 34.3 Å². The molecule has 0 radical (unpaired) electrons. The van der Waals surface area contributed by atoms with Gasteiger partial charge in [0.1, 0.15) is 11.6 Å². The molecular weight excluding hydrogens is 324 g/mol. The molecule has 2 heterocycles. The minimum absolute atomic E-state index is 0.782. The molecule has 0 aliphatic carbocycles. The molecule has 0 amide bonds. The number of guanidine groups is 1. The van der Waals surface area contributed by atoms with E-state index in [0.29, 0.717) is 0 Å². The fourth-order valence-corrected chi connectivity index (χ4v) is 3.39. The second-order valence-corrected chi connectivity index (χ2v) is 6.88. The zero-order valence-corrected chi connectivity index (χ0v) is 16.0. The molecule has 1 aliphatic rings. The summed E-state index contributed by atoms with van der Waals surface area (Å²) in [6, 6.07) is 8.42. The maximum absolute atomic E-state index is 4.40. The van der Waals surface area contributed by atoms with Crippen molar-refractivity contribution in [2.45, 2.75) is 58.5 Å². The molecule has 6 heteroatoms. The third-order valence-electron chi connectivity index (χ3n) is 4.99. The summed E-state index contributed by atoms with van der Waals surface area (Å²) < 4.78 is 2.33. The van der Waals surface area contributed by atoms with Gasteiger partial charge in [-0.2, -0.15) is 0 Å². The van der Waals surface area contributed by atoms with Gasteiger partial charge in [-0.1, -0.05) is 30.7 Å². The highest BCUT2D eigenvalue weighted by Gasteiger charge is 2.14. The first-order chi connectivity index (χ1) is 12.8. The van der Waals surface area contributed by atoms with Crippen LogP contribution >= 0.6 is 0 Å². The topological polar surface area (TPSA) is 67.1 Å². The molecule has 2 aromatic rings. The summed E-state index contributed by atoms with van der Waals surface area (Å²) in [7, 11) is 1.81. The number of aliphatic imine (C=N–C) groups is 1. The SMILES string of the molecule is CN=C(NCCCc1nnc2n1CCCCC2)NCc1ccccc1C. The minimum Gasteiger partial charge on any atom is -0.356 e. The number of benzene rings is 1. The number of nitrogens with zero attached hydrogens (tertiary/aromatic N) is 4. The average molecular weight is 355 g/mol. The molecule has 0 bridgehead atoms. The van der Waals surface area contributed by atoms with E-state index in [0.717, 1.165) is 50.7 Å². The first kappa shape index (κ1) is 18.4. The van der Waals surface area contributed by atoms with E-state index in [1.165, 1.54) is 36.2 Å². The summed E-state index contributed by atoms with van der Waals surface area (Å²) in [5, 5.41) is 15.6. The fourth-order valence-electron chi connectivity index (χ4n) is 3.39. The van der Waals surface area contributed by atoms with Crippen LogP contribution in [0.3, 0.4) is 0 Å². The number of aromatic nitrogens is 3. The van der Waals surface area contributed by atoms with Crippen molar-refractivity contribution in [1.29, 1.82) is 0 Å². The molecular formula is C20H30N6. The lowest BCUT2D eigenvalue weighted by molar-refractivity contribution is 0.594. The number of hydrogen-bond acceptors (Lipinski definition) is 3. The summed E-state index contributed by atoms with van der Waals surface area (Å²) in [6.45, 7) is 4.86. The Labute approximate surface area is 156 Å². The van der Waals surface area contributed by atoms with E-state index in [1.807, 2.05) is 7.05 Å². The second kappa shape index (κ2) is 9.36. The van der Waals surface area contributed by atoms with Crippen molar-refractivity contribution < 1.29 is 0 Å². The van der Waals surface area contributed by atoms with Crippen molar-refractivity contribution >= 4 is 5.96 Å². The lowest BCUT2D eigenvalue weighted by atomic mass is 10.1. The summed E-state index contributed by atoms with van der Waals surface area (Å²) in [6.07, 6.45) is 6.82. The lowest BCUT2D eigenvalue weighted by Gasteiger charge is -2.13. The first-order valence-corrected chi connectivity index (χ1v) is 9.68. The van der Waals surface area contributed by atoms with Gasteiger partial charge in [-0.3, -0.25) is 4.99 Å². The molecule has 0 unspecified atom stereocenters. The number of nitrogens with one attached hydrogen (secondary N) is 2. The van der Waals surface area contributed by atoms with Crippen molar-refractivity contribution in [2.75, 3.05) is 13.6 Å². The van der Waals surface area contributed by atoms with Gasteiger partial charge in [0.25, 0.3) is 0 Å². The Kier molecular flexibility index (Phi) is 6.63. The van der Waals surface area contributed by atoms with Crippen LogP contribution in [0.15, 0.2) is 29.3 Å². The summed E-state index contributed by atoms with van der Waals surface area (Å²) >= 11 is 0. The van der Waals surface area contributed by atoms with Crippen LogP contribution in [0.5, 0.6) is 0 Å². The van der Waals surface area contributed by atoms with E-state index in [-0.39, 0.29) is 0 Å². The molecule has 140 valence electrons. The van der Waals surface area contributed by atoms with Crippen LogP contribution in [0, 0.1) is 6.92 Å². The molecule has 1 aromatic heterocycles. The summed E-state index contributed by atoms with van der Waals surface area (Å²) in [5.74, 6) is 3.14. The van der Waals surface area contributed by atoms with Gasteiger partial charge in [-0.15, -0.1) is 10.2 Å². The van der Waals surface area contributed by atoms with Gasteiger partial charge in [0.15, 0.2) is 5.96 Å². The highest BCUT2D eigenvalue weighted by Crippen LogP contribution is 2.15. The third kappa shape index (κ3) is 4.84. The Morgan fingerprint density at radius 1 is 1.15 bits per heavy atom. The molecule has 0 atom stereocenters. The predicted molar refractivity (Wildman–Crippen MR) is 105 cm³/mol. The van der Waals surface area contributed by atoms with Crippen LogP contribution in [0.2, 0.25) is 0 Å². The Morgan fingerprint density at radius 2 is 2.04 bits per heavy atom. The van der Waals surface area contributed by atoms with E-state index in [9.17, 15) is 0 Å². The zero-order chi connectivity index (χ0) is 18.2. The van der Waals surface area contributed by atoms with Gasteiger partial charge >= 0.3 is 0 Å². The maximum atomic E-state index is 4.40. The van der Waals surface area contributed by atoms with Crippen molar-refractivity contribution in [1.82, 2.24) is 25.4 Å². The van der Waals surface area contributed by atoms with Gasteiger partial charge in [0.05, 0.1) is 0 Å². The first-order valence-electron chi connectivity index (χ1n) is 9.68. The fraction of sp³-hybridized carbons (Fsp3) is 0.550. The predicted octanol–water partition coefficient (Wildman–Crippen LogP) is 2.61. The smallest absolute Gasteiger partial charge is 0.191 e. The Hall–Kier alpha value is -2.37. The van der Waals surface area contributed by atoms with Crippen molar-refractivity contribution in [3.8, 4) is 0 Å². The average Bonchev–Trinajstić information content (AvgIpc) is 2.88. The number of rotatable bonds is 6. The Morgan fingerprint density at radius 3 is 2.88 bits per heavy atom. The largest absolute Gasteiger partial charge is 0.356 e. The molecule has 0 spiro atoms. The lowest BCUT2D eigenvalue weighted by Crippen LogP contribution is -2.37. The van der Waals surface area contributed by atoms with E-state index < -0.39 is 0 Å². The summed E-state index contributed by atoms with van der Waals surface area (Å²) in [4.78, 5) is 4.31. The molecule has 2 N–H and O–H groups in total. The van der Waals surface area contributed by atoms with Crippen LogP contribution in [0.1, 0.15) is 48.5 Å². The van der Waals surface area contributed by atoms with Crippen molar-refractivity contribution in [2.24, 2.45) is 4.99 Å². The molecule has 0 fully saturated rings. The van der Waals surface area contributed by atoms with Gasteiger partial charge in [0.2, 0.25) is 0 Å². The van der Waals surface area contributed by atoms with E-state index in [4.69, 9.17) is 0 Å². The van der Waals surface area contributed by atoms with Crippen molar-refractivity contribution in [3.05, 3.63) is 47.0 Å². The van der Waals surface area contributed by atoms with Crippen LogP contribution in [0.4, 0.5) is 0 Å². The molecule has 1 aromatic carbocycles. The van der Waals surface area contributed by atoms with Crippen LogP contribution in [-0.2, 0) is 25.9 Å². The Balaban J connectivity index is 1.42. The molecule has 1 aliphatic heterocycles. The molecule has 0 saturated heterocycles. The quantitative estimate of drug-likeness (QED) is 0.475. The minimum atomic E-state index is 0.782. The van der Waals surface area contributed by atoms with E-state index in [2.05, 4.69) is 61.6 Å². The van der Waals surface area contributed by atoms with Crippen molar-refractivity contribution in [3.63, 3.8) is 0 Å². The summed E-state index contributed by atoms with van der Waals surface area (Å²) in [5.41, 5.74) is 2.59. The molecule has 26 heavy (non-hydrogen) atoms. The maximum Gasteiger partial charge on any atom is 0.191 e. The van der Waals surface area contributed by atoms with Gasteiger partial charge in [0, 0.05) is 39.5 Å². The highest BCUT2D eigenvalue weighted by molar-refractivity contribution is 5.79. The molecule has 6 nitrogen and oxygen atoms in total. The Bertz CT molecular complexity index is 734. The number of aryl methyl sites for hydroxylation is 3. The van der Waals surface area contributed by atoms with E-state index >= 15 is 0 Å². The normalized spacial score (nSPS) is 14.6. The van der Waals surface area contributed by atoms with Crippen LogP contribution in [0.25, 0.3) is 0 Å². The van der Waals surface area contributed by atoms with E-state index in [1.54, 1.807) is 0 Å². The third-order valence-corrected chi connectivity index (χ3v) is 4.99. The monoisotopic (exact) mass is 354 g/mol. The second-order valence-electron chi connectivity index (χ2n) is 6.88. The highest BCUT2D eigenvalue weighted by atomic mass is 15.3. The standard InChI is InChI=1S/C20H30N6/c1-16-9-5-6-10-17(16)15-23-20(21-2)22-13-8-12-19-25-24-18-11-4-3-7-14-26(18)19/h5-6,9-10H,3-4,7-8,11-15H2,1-2H3,(H2,21,22,23). The molecule has 3 rings (SSSR count). The van der Waals surface area contributed by atoms with Gasteiger partial charge < -0.3 is 15.2 Å². The number of fused-ring (bicyclic) bond motifs is 1.